The number of imide groups is 1. The molecular formula is C25H22N2O4. The Morgan fingerprint density at radius 3 is 2.00 bits per heavy atom. The third kappa shape index (κ3) is 3.92. The van der Waals surface area contributed by atoms with Gasteiger partial charge < -0.3 is 10.1 Å². The van der Waals surface area contributed by atoms with Crippen LogP contribution in [-0.4, -0.2) is 28.7 Å². The summed E-state index contributed by atoms with van der Waals surface area (Å²) in [7, 11) is 0. The Labute approximate surface area is 180 Å². The number of rotatable bonds is 5. The molecule has 6 nitrogen and oxygen atoms in total. The number of nitrogens with one attached hydrogen (secondary N) is 1. The third-order valence-corrected chi connectivity index (χ3v) is 5.43. The largest absolute Gasteiger partial charge is 0.457 e. The number of fused-ring (bicyclic) bond motifs is 1. The molecule has 31 heavy (non-hydrogen) atoms. The molecule has 1 aliphatic heterocycles. The highest BCUT2D eigenvalue weighted by molar-refractivity contribution is 6.23. The van der Waals surface area contributed by atoms with Crippen molar-refractivity contribution in [2.24, 2.45) is 0 Å². The van der Waals surface area contributed by atoms with Gasteiger partial charge >= 0.3 is 0 Å². The fourth-order valence-corrected chi connectivity index (χ4v) is 3.44. The fourth-order valence-electron chi connectivity index (χ4n) is 3.44. The van der Waals surface area contributed by atoms with E-state index in [2.05, 4.69) is 5.32 Å². The second kappa shape index (κ2) is 8.07. The zero-order chi connectivity index (χ0) is 22.1. The molecule has 3 amide bonds. The van der Waals surface area contributed by atoms with E-state index in [1.54, 1.807) is 48.5 Å². The van der Waals surface area contributed by atoms with Gasteiger partial charge in [0.25, 0.3) is 11.8 Å². The van der Waals surface area contributed by atoms with E-state index < -0.39 is 23.8 Å². The number of ether oxygens (including phenoxy) is 1. The molecule has 3 aromatic carbocycles. The van der Waals surface area contributed by atoms with Crippen molar-refractivity contribution in [3.63, 3.8) is 0 Å². The molecule has 1 aliphatic rings. The monoisotopic (exact) mass is 414 g/mol. The van der Waals surface area contributed by atoms with E-state index >= 15 is 0 Å². The van der Waals surface area contributed by atoms with Crippen LogP contribution in [0.2, 0.25) is 0 Å². The Morgan fingerprint density at radius 1 is 0.839 bits per heavy atom. The van der Waals surface area contributed by atoms with Gasteiger partial charge in [-0.1, -0.05) is 18.2 Å². The molecule has 1 N–H and O–H groups in total. The van der Waals surface area contributed by atoms with E-state index in [1.807, 2.05) is 32.0 Å². The summed E-state index contributed by atoms with van der Waals surface area (Å²) in [4.78, 5) is 38.9. The van der Waals surface area contributed by atoms with Gasteiger partial charge in [0.05, 0.1) is 11.1 Å². The molecule has 0 fully saturated rings. The van der Waals surface area contributed by atoms with Crippen LogP contribution < -0.4 is 10.1 Å². The molecule has 6 heteroatoms. The number of hydrogen-bond donors (Lipinski definition) is 1. The summed E-state index contributed by atoms with van der Waals surface area (Å²) >= 11 is 0. The van der Waals surface area contributed by atoms with Gasteiger partial charge in [-0.05, 0) is 80.4 Å². The number of nitrogens with zero attached hydrogens (tertiary/aromatic N) is 1. The number of hydrogen-bond acceptors (Lipinski definition) is 4. The predicted molar refractivity (Wildman–Crippen MR) is 117 cm³/mol. The molecule has 1 unspecified atom stereocenters. The first kappa shape index (κ1) is 20.3. The normalized spacial score (nSPS) is 13.7. The van der Waals surface area contributed by atoms with E-state index in [-0.39, 0.29) is 0 Å². The van der Waals surface area contributed by atoms with Gasteiger partial charge in [0.1, 0.15) is 17.5 Å². The van der Waals surface area contributed by atoms with Crippen LogP contribution in [0.3, 0.4) is 0 Å². The van der Waals surface area contributed by atoms with Crippen LogP contribution in [0.25, 0.3) is 0 Å². The van der Waals surface area contributed by atoms with Gasteiger partial charge in [0.15, 0.2) is 0 Å². The zero-order valence-corrected chi connectivity index (χ0v) is 17.5. The minimum Gasteiger partial charge on any atom is -0.457 e. The molecule has 0 aliphatic carbocycles. The van der Waals surface area contributed by atoms with Crippen molar-refractivity contribution >= 4 is 23.4 Å². The van der Waals surface area contributed by atoms with E-state index in [4.69, 9.17) is 4.74 Å². The lowest BCUT2D eigenvalue weighted by Crippen LogP contribution is -2.45. The zero-order valence-electron chi connectivity index (χ0n) is 17.5. The van der Waals surface area contributed by atoms with Crippen LogP contribution in [0.15, 0.2) is 66.7 Å². The first-order valence-electron chi connectivity index (χ1n) is 9.98. The smallest absolute Gasteiger partial charge is 0.262 e. The quantitative estimate of drug-likeness (QED) is 0.613. The van der Waals surface area contributed by atoms with E-state index in [9.17, 15) is 14.4 Å². The van der Waals surface area contributed by atoms with Gasteiger partial charge in [0, 0.05) is 5.69 Å². The SMILES string of the molecule is Cc1ccc(Oc2ccc(NC(=O)C(C)N3C(=O)c4ccccc4C3=O)cc2)cc1C. The second-order valence-corrected chi connectivity index (χ2v) is 7.56. The molecule has 0 bridgehead atoms. The Morgan fingerprint density at radius 2 is 1.42 bits per heavy atom. The van der Waals surface area contributed by atoms with E-state index in [0.717, 1.165) is 16.2 Å². The molecule has 1 atom stereocenters. The first-order valence-corrected chi connectivity index (χ1v) is 9.98. The minimum atomic E-state index is -0.945. The molecule has 1 heterocycles. The number of benzene rings is 3. The van der Waals surface area contributed by atoms with Gasteiger partial charge in [-0.15, -0.1) is 0 Å². The van der Waals surface area contributed by atoms with Crippen LogP contribution >= 0.6 is 0 Å². The van der Waals surface area contributed by atoms with Crippen molar-refractivity contribution in [3.05, 3.63) is 89.0 Å². The highest BCUT2D eigenvalue weighted by atomic mass is 16.5. The maximum Gasteiger partial charge on any atom is 0.262 e. The number of amides is 3. The summed E-state index contributed by atoms with van der Waals surface area (Å²) in [5.41, 5.74) is 3.52. The van der Waals surface area contributed by atoms with Crippen molar-refractivity contribution < 1.29 is 19.1 Å². The Balaban J connectivity index is 1.42. The Hall–Kier alpha value is -3.93. The predicted octanol–water partition coefficient (Wildman–Crippen LogP) is 4.72. The summed E-state index contributed by atoms with van der Waals surface area (Å²) < 4.78 is 5.86. The summed E-state index contributed by atoms with van der Waals surface area (Å²) in [5, 5.41) is 2.75. The van der Waals surface area contributed by atoms with Crippen LogP contribution in [0, 0.1) is 13.8 Å². The standard InChI is InChI=1S/C25H22N2O4/c1-15-8-11-20(14-16(15)2)31-19-12-9-18(10-13-19)26-23(28)17(3)27-24(29)21-6-4-5-7-22(21)25(27)30/h4-14,17H,1-3H3,(H,26,28). The van der Waals surface area contributed by atoms with Crippen molar-refractivity contribution in [2.45, 2.75) is 26.8 Å². The number of carbonyl (C=O) groups excluding carboxylic acids is 3. The highest BCUT2D eigenvalue weighted by Gasteiger charge is 2.40. The topological polar surface area (TPSA) is 75.7 Å². The average Bonchev–Trinajstić information content (AvgIpc) is 3.02. The summed E-state index contributed by atoms with van der Waals surface area (Å²) in [6, 6.07) is 18.4. The third-order valence-electron chi connectivity index (χ3n) is 5.43. The molecule has 0 aromatic heterocycles. The molecular weight excluding hydrogens is 392 g/mol. The van der Waals surface area contributed by atoms with Crippen molar-refractivity contribution in [3.8, 4) is 11.5 Å². The van der Waals surface area contributed by atoms with Crippen LogP contribution in [0.1, 0.15) is 38.8 Å². The lowest BCUT2D eigenvalue weighted by Gasteiger charge is -2.21. The Kier molecular flexibility index (Phi) is 5.29. The number of carbonyl (C=O) groups is 3. The summed E-state index contributed by atoms with van der Waals surface area (Å²) in [6.45, 7) is 5.60. The minimum absolute atomic E-state index is 0.319. The Bertz CT molecular complexity index is 1150. The van der Waals surface area contributed by atoms with Crippen molar-refractivity contribution in [2.75, 3.05) is 5.32 Å². The fraction of sp³-hybridized carbons (Fsp3) is 0.160. The number of anilines is 1. The maximum atomic E-state index is 12.7. The summed E-state index contributed by atoms with van der Waals surface area (Å²) in [6.07, 6.45) is 0. The molecule has 4 rings (SSSR count). The number of aryl methyl sites for hydroxylation is 2. The second-order valence-electron chi connectivity index (χ2n) is 7.56. The first-order chi connectivity index (χ1) is 14.8. The molecule has 0 saturated carbocycles. The summed E-state index contributed by atoms with van der Waals surface area (Å²) in [5.74, 6) is 0.00638. The van der Waals surface area contributed by atoms with Crippen molar-refractivity contribution in [1.82, 2.24) is 4.90 Å². The molecule has 0 saturated heterocycles. The lowest BCUT2D eigenvalue weighted by molar-refractivity contribution is -0.119. The maximum absolute atomic E-state index is 12.7. The van der Waals surface area contributed by atoms with Crippen LogP contribution in [0.5, 0.6) is 11.5 Å². The van der Waals surface area contributed by atoms with Crippen LogP contribution in [0.4, 0.5) is 5.69 Å². The van der Waals surface area contributed by atoms with Crippen molar-refractivity contribution in [1.29, 1.82) is 0 Å². The molecule has 156 valence electrons. The van der Waals surface area contributed by atoms with Gasteiger partial charge in [0.2, 0.25) is 5.91 Å². The van der Waals surface area contributed by atoms with Gasteiger partial charge in [-0.3, -0.25) is 19.3 Å². The average molecular weight is 414 g/mol. The van der Waals surface area contributed by atoms with Gasteiger partial charge in [-0.2, -0.15) is 0 Å². The van der Waals surface area contributed by atoms with E-state index in [0.29, 0.717) is 22.6 Å². The molecule has 0 radical (unpaired) electrons. The lowest BCUT2D eigenvalue weighted by atomic mass is 10.1. The molecule has 0 spiro atoms. The molecule has 3 aromatic rings. The highest BCUT2D eigenvalue weighted by Crippen LogP contribution is 2.27. The van der Waals surface area contributed by atoms with Crippen LogP contribution in [-0.2, 0) is 4.79 Å². The van der Waals surface area contributed by atoms with E-state index in [1.165, 1.54) is 12.5 Å². The van der Waals surface area contributed by atoms with Gasteiger partial charge in [-0.25, -0.2) is 0 Å².